The Morgan fingerprint density at radius 3 is 2.10 bits per heavy atom. The quantitative estimate of drug-likeness (QED) is 0.0639. The number of unbranched alkanes of at least 4 members (excludes halogenated alkanes) is 5. The molecule has 0 aromatic carbocycles. The molecule has 1 aliphatic rings. The monoisotopic (exact) mass is 615 g/mol. The summed E-state index contributed by atoms with van der Waals surface area (Å²) in [4.78, 5) is 85.0. The minimum absolute atomic E-state index is 0.148. The van der Waals surface area contributed by atoms with Gasteiger partial charge in [0.2, 0.25) is 35.4 Å². The van der Waals surface area contributed by atoms with Gasteiger partial charge in [-0.15, -0.1) is 11.8 Å². The number of hydrogen-bond donors (Lipinski definition) is 4. The van der Waals surface area contributed by atoms with Gasteiger partial charge in [-0.05, 0) is 58.5 Å². The zero-order valence-corrected chi connectivity index (χ0v) is 26.1. The van der Waals surface area contributed by atoms with Crippen molar-refractivity contribution in [1.29, 1.82) is 0 Å². The normalized spacial score (nSPS) is 17.0. The molecule has 0 aromatic rings. The largest absolute Gasteiger partial charge is 0.345 e. The van der Waals surface area contributed by atoms with Gasteiger partial charge in [-0.2, -0.15) is 11.8 Å². The molecule has 1 fully saturated rings. The van der Waals surface area contributed by atoms with Crippen molar-refractivity contribution in [2.45, 2.75) is 102 Å². The molecular formula is C27H45N5O7S2. The number of amides is 6. The molecule has 41 heavy (non-hydrogen) atoms. The zero-order valence-electron chi connectivity index (χ0n) is 24.5. The lowest BCUT2D eigenvalue weighted by Crippen LogP contribution is -2.54. The molecule has 6 amide bonds. The fourth-order valence-corrected chi connectivity index (χ4v) is 5.38. The number of nitrogens with zero attached hydrogens (tertiary/aromatic N) is 1. The van der Waals surface area contributed by atoms with Crippen LogP contribution in [0.15, 0.2) is 0 Å². The number of imide groups is 1. The Labute approximate surface area is 251 Å². The third kappa shape index (κ3) is 14.2. The summed E-state index contributed by atoms with van der Waals surface area (Å²) in [5, 5.41) is 10.2. The fraction of sp³-hybridized carbons (Fsp3) is 0.741. The lowest BCUT2D eigenvalue weighted by Gasteiger charge is -2.20. The van der Waals surface area contributed by atoms with Crippen LogP contribution >= 0.6 is 23.5 Å². The molecule has 1 unspecified atom stereocenters. The van der Waals surface area contributed by atoms with Crippen LogP contribution in [0.2, 0.25) is 0 Å². The summed E-state index contributed by atoms with van der Waals surface area (Å²) in [6, 6.07) is -2.57. The molecule has 4 N–H and O–H groups in total. The van der Waals surface area contributed by atoms with Crippen LogP contribution in [0, 0.1) is 0 Å². The van der Waals surface area contributed by atoms with E-state index < -0.39 is 29.9 Å². The SMILES string of the molecule is CSC1CC(=O)N(CCCCCC(=O)N[C@@H](C)C(=O)N[C@H](C)C(=O)N[C@@H](C)C(=O)NCSCCCCCC=O)C1=O. The van der Waals surface area contributed by atoms with Crippen LogP contribution in [0.1, 0.15) is 78.6 Å². The highest BCUT2D eigenvalue weighted by Gasteiger charge is 2.37. The van der Waals surface area contributed by atoms with Gasteiger partial charge in [-0.1, -0.05) is 12.8 Å². The van der Waals surface area contributed by atoms with E-state index in [9.17, 15) is 33.6 Å². The highest BCUT2D eigenvalue weighted by Crippen LogP contribution is 2.23. The van der Waals surface area contributed by atoms with Gasteiger partial charge in [0.05, 0.1) is 11.1 Å². The number of likely N-dealkylation sites (tertiary alicyclic amines) is 1. The van der Waals surface area contributed by atoms with Gasteiger partial charge < -0.3 is 26.1 Å². The lowest BCUT2D eigenvalue weighted by molar-refractivity contribution is -0.138. The molecule has 232 valence electrons. The average Bonchev–Trinajstić information content (AvgIpc) is 3.21. The van der Waals surface area contributed by atoms with Crippen molar-refractivity contribution < 1.29 is 33.6 Å². The standard InChI is InChI=1S/C27H45N5O7S2/c1-18(24(36)28-17-41-15-11-6-5-10-14-33)30-26(38)20(3)31-25(37)19(2)29-22(34)12-8-7-9-13-32-23(35)16-21(40-4)27(32)39/h14,18-21H,5-13,15-17H2,1-4H3,(H,28,36)(H,29,34)(H,30,38)(H,31,37)/t18-,19-,20+,21?/m0/s1. The van der Waals surface area contributed by atoms with Crippen LogP contribution in [-0.4, -0.2) is 94.4 Å². The van der Waals surface area contributed by atoms with Gasteiger partial charge in [0.15, 0.2) is 0 Å². The van der Waals surface area contributed by atoms with Gasteiger partial charge in [-0.3, -0.25) is 33.7 Å². The van der Waals surface area contributed by atoms with Gasteiger partial charge in [0.1, 0.15) is 24.4 Å². The Morgan fingerprint density at radius 1 is 0.878 bits per heavy atom. The number of aldehydes is 1. The van der Waals surface area contributed by atoms with Crippen molar-refractivity contribution in [1.82, 2.24) is 26.2 Å². The highest BCUT2D eigenvalue weighted by atomic mass is 32.2. The van der Waals surface area contributed by atoms with E-state index >= 15 is 0 Å². The molecule has 12 nitrogen and oxygen atoms in total. The van der Waals surface area contributed by atoms with Crippen LogP contribution < -0.4 is 21.3 Å². The van der Waals surface area contributed by atoms with Crippen LogP contribution in [0.5, 0.6) is 0 Å². The molecule has 14 heteroatoms. The van der Waals surface area contributed by atoms with E-state index in [-0.39, 0.29) is 41.7 Å². The molecule has 1 heterocycles. The Balaban J connectivity index is 2.22. The highest BCUT2D eigenvalue weighted by molar-refractivity contribution is 8.00. The molecule has 1 aliphatic heterocycles. The third-order valence-electron chi connectivity index (χ3n) is 6.51. The number of carbonyl (C=O) groups excluding carboxylic acids is 7. The molecule has 1 saturated heterocycles. The number of rotatable bonds is 21. The van der Waals surface area contributed by atoms with Gasteiger partial charge in [0.25, 0.3) is 0 Å². The minimum Gasteiger partial charge on any atom is -0.345 e. The molecule has 4 atom stereocenters. The van der Waals surface area contributed by atoms with E-state index in [2.05, 4.69) is 21.3 Å². The van der Waals surface area contributed by atoms with Crippen molar-refractivity contribution in [2.24, 2.45) is 0 Å². The number of thioether (sulfide) groups is 2. The first-order valence-electron chi connectivity index (χ1n) is 14.1. The molecule has 0 radical (unpaired) electrons. The van der Waals surface area contributed by atoms with Crippen LogP contribution in [0.25, 0.3) is 0 Å². The summed E-state index contributed by atoms with van der Waals surface area (Å²) >= 11 is 2.93. The molecular weight excluding hydrogens is 570 g/mol. The predicted octanol–water partition coefficient (Wildman–Crippen LogP) is 1.12. The van der Waals surface area contributed by atoms with Crippen molar-refractivity contribution >= 4 is 65.3 Å². The number of hydrogen-bond acceptors (Lipinski definition) is 9. The summed E-state index contributed by atoms with van der Waals surface area (Å²) < 4.78 is 0. The maximum absolute atomic E-state index is 12.5. The van der Waals surface area contributed by atoms with Gasteiger partial charge >= 0.3 is 0 Å². The van der Waals surface area contributed by atoms with Gasteiger partial charge in [0, 0.05) is 25.8 Å². The number of nitrogens with one attached hydrogen (secondary N) is 4. The van der Waals surface area contributed by atoms with E-state index in [0.29, 0.717) is 38.1 Å². The Kier molecular flexibility index (Phi) is 18.0. The van der Waals surface area contributed by atoms with Crippen LogP contribution in [0.4, 0.5) is 0 Å². The van der Waals surface area contributed by atoms with E-state index in [1.165, 1.54) is 30.5 Å². The average molecular weight is 616 g/mol. The second-order valence-electron chi connectivity index (χ2n) is 9.98. The molecule has 0 aromatic heterocycles. The first-order chi connectivity index (χ1) is 19.5. The van der Waals surface area contributed by atoms with Gasteiger partial charge in [-0.25, -0.2) is 0 Å². The predicted molar refractivity (Wildman–Crippen MR) is 160 cm³/mol. The van der Waals surface area contributed by atoms with Crippen molar-refractivity contribution in [3.8, 4) is 0 Å². The molecule has 0 spiro atoms. The minimum atomic E-state index is -0.917. The van der Waals surface area contributed by atoms with E-state index in [4.69, 9.17) is 0 Å². The molecule has 0 bridgehead atoms. The third-order valence-corrected chi connectivity index (χ3v) is 8.37. The second kappa shape index (κ2) is 20.3. The summed E-state index contributed by atoms with van der Waals surface area (Å²) in [7, 11) is 0. The maximum atomic E-state index is 12.5. The molecule has 1 rings (SSSR count). The smallest absolute Gasteiger partial charge is 0.242 e. The Morgan fingerprint density at radius 2 is 1.49 bits per heavy atom. The maximum Gasteiger partial charge on any atom is 0.242 e. The zero-order chi connectivity index (χ0) is 30.8. The Hall–Kier alpha value is -2.61. The topological polar surface area (TPSA) is 171 Å². The lowest BCUT2D eigenvalue weighted by atomic mass is 10.1. The Bertz CT molecular complexity index is 920. The first-order valence-corrected chi connectivity index (χ1v) is 16.5. The van der Waals surface area contributed by atoms with E-state index in [1.807, 2.05) is 6.26 Å². The molecule has 0 saturated carbocycles. The summed E-state index contributed by atoms with van der Waals surface area (Å²) in [5.74, 6) is -0.744. The molecule has 0 aliphatic carbocycles. The van der Waals surface area contributed by atoms with Crippen molar-refractivity contribution in [3.05, 3.63) is 0 Å². The van der Waals surface area contributed by atoms with Crippen LogP contribution in [0.3, 0.4) is 0 Å². The summed E-state index contributed by atoms with van der Waals surface area (Å²) in [6.45, 7) is 4.90. The van der Waals surface area contributed by atoms with E-state index in [1.54, 1.807) is 18.7 Å². The summed E-state index contributed by atoms with van der Waals surface area (Å²) in [5.41, 5.74) is 0. The first kappa shape index (κ1) is 36.4. The summed E-state index contributed by atoms with van der Waals surface area (Å²) in [6.07, 6.45) is 8.30. The van der Waals surface area contributed by atoms with Crippen molar-refractivity contribution in [2.75, 3.05) is 24.4 Å². The van der Waals surface area contributed by atoms with Crippen LogP contribution in [-0.2, 0) is 33.6 Å². The van der Waals surface area contributed by atoms with Crippen molar-refractivity contribution in [3.63, 3.8) is 0 Å². The van der Waals surface area contributed by atoms with E-state index in [0.717, 1.165) is 31.3 Å². The number of carbonyl (C=O) groups is 7. The fourth-order valence-electron chi connectivity index (χ4n) is 3.95. The second-order valence-corrected chi connectivity index (χ2v) is 12.1.